The highest BCUT2D eigenvalue weighted by Crippen LogP contribution is 2.55. The fourth-order valence-corrected chi connectivity index (χ4v) is 3.70. The first-order chi connectivity index (χ1) is 8.23. The molecule has 1 fully saturated rings. The number of hydrogen-bond donors (Lipinski definition) is 0. The topological polar surface area (TPSA) is 0 Å². The molecule has 0 N–H and O–H groups in total. The molecule has 0 aromatic heterocycles. The van der Waals surface area contributed by atoms with Gasteiger partial charge in [0.05, 0.1) is 0 Å². The van der Waals surface area contributed by atoms with Crippen LogP contribution in [0.25, 0.3) is 0 Å². The van der Waals surface area contributed by atoms with Crippen LogP contribution in [0.2, 0.25) is 0 Å². The SMILES string of the molecule is CCC(C)(CC(C(C)C)C1CC1C(C)C)C(C)C. The summed E-state index contributed by atoms with van der Waals surface area (Å²) < 4.78 is 0. The molecule has 0 bridgehead atoms. The summed E-state index contributed by atoms with van der Waals surface area (Å²) >= 11 is 0. The van der Waals surface area contributed by atoms with Crippen LogP contribution in [0, 0.1) is 40.9 Å². The van der Waals surface area contributed by atoms with Crippen molar-refractivity contribution in [3.63, 3.8) is 0 Å². The quantitative estimate of drug-likeness (QED) is 0.520. The van der Waals surface area contributed by atoms with Gasteiger partial charge in [-0.1, -0.05) is 61.8 Å². The zero-order valence-corrected chi connectivity index (χ0v) is 14.1. The smallest absolute Gasteiger partial charge is 0.0303 e. The van der Waals surface area contributed by atoms with E-state index < -0.39 is 0 Å². The third-order valence-corrected chi connectivity index (χ3v) is 6.06. The average molecular weight is 252 g/mol. The number of rotatable bonds is 7. The van der Waals surface area contributed by atoms with Crippen molar-refractivity contribution < 1.29 is 0 Å². The first kappa shape index (κ1) is 16.1. The third-order valence-electron chi connectivity index (χ3n) is 6.06. The third kappa shape index (κ3) is 3.52. The Bertz CT molecular complexity index is 251. The van der Waals surface area contributed by atoms with Crippen molar-refractivity contribution in [3.05, 3.63) is 0 Å². The molecular formula is C18H36. The molecule has 0 amide bonds. The molecule has 18 heavy (non-hydrogen) atoms. The Morgan fingerprint density at radius 1 is 1.00 bits per heavy atom. The molecule has 0 aromatic carbocycles. The normalized spacial score (nSPS) is 28.8. The van der Waals surface area contributed by atoms with E-state index in [0.717, 1.165) is 35.5 Å². The summed E-state index contributed by atoms with van der Waals surface area (Å²) in [6, 6.07) is 0. The Hall–Kier alpha value is 0. The van der Waals surface area contributed by atoms with Gasteiger partial charge in [0.1, 0.15) is 0 Å². The lowest BCUT2D eigenvalue weighted by Gasteiger charge is -2.38. The van der Waals surface area contributed by atoms with Crippen molar-refractivity contribution in [3.8, 4) is 0 Å². The minimum absolute atomic E-state index is 0.541. The van der Waals surface area contributed by atoms with Crippen LogP contribution in [0.3, 0.4) is 0 Å². The first-order valence-corrected chi connectivity index (χ1v) is 8.23. The second kappa shape index (κ2) is 5.97. The maximum atomic E-state index is 2.51. The molecule has 0 heterocycles. The molecule has 4 atom stereocenters. The molecule has 108 valence electrons. The van der Waals surface area contributed by atoms with Gasteiger partial charge in [0.2, 0.25) is 0 Å². The Morgan fingerprint density at radius 2 is 1.56 bits per heavy atom. The van der Waals surface area contributed by atoms with Gasteiger partial charge < -0.3 is 0 Å². The molecular weight excluding hydrogens is 216 g/mol. The maximum Gasteiger partial charge on any atom is -0.0303 e. The van der Waals surface area contributed by atoms with Crippen LogP contribution >= 0.6 is 0 Å². The minimum atomic E-state index is 0.541. The summed E-state index contributed by atoms with van der Waals surface area (Å²) in [6.07, 6.45) is 4.26. The molecule has 0 nitrogen and oxygen atoms in total. The van der Waals surface area contributed by atoms with Gasteiger partial charge in [-0.15, -0.1) is 0 Å². The summed E-state index contributed by atoms with van der Waals surface area (Å²) in [5.74, 6) is 5.54. The fourth-order valence-electron chi connectivity index (χ4n) is 3.70. The van der Waals surface area contributed by atoms with Gasteiger partial charge in [0, 0.05) is 0 Å². The van der Waals surface area contributed by atoms with Crippen LogP contribution in [0.15, 0.2) is 0 Å². The highest BCUT2D eigenvalue weighted by molar-refractivity contribution is 4.96. The summed E-state index contributed by atoms with van der Waals surface area (Å²) in [5.41, 5.74) is 0.541. The van der Waals surface area contributed by atoms with E-state index in [-0.39, 0.29) is 0 Å². The van der Waals surface area contributed by atoms with Gasteiger partial charge in [-0.2, -0.15) is 0 Å². The Balaban J connectivity index is 2.70. The van der Waals surface area contributed by atoms with Crippen LogP contribution in [0.4, 0.5) is 0 Å². The molecule has 0 saturated heterocycles. The zero-order chi connectivity index (χ0) is 14.1. The van der Waals surface area contributed by atoms with Crippen molar-refractivity contribution in [2.75, 3.05) is 0 Å². The van der Waals surface area contributed by atoms with E-state index in [4.69, 9.17) is 0 Å². The molecule has 0 spiro atoms. The van der Waals surface area contributed by atoms with E-state index in [9.17, 15) is 0 Å². The van der Waals surface area contributed by atoms with Crippen LogP contribution in [0.1, 0.15) is 74.7 Å². The predicted molar refractivity (Wildman–Crippen MR) is 82.6 cm³/mol. The minimum Gasteiger partial charge on any atom is -0.0649 e. The summed E-state index contributed by atoms with van der Waals surface area (Å²) in [4.78, 5) is 0. The average Bonchev–Trinajstić information content (AvgIpc) is 3.04. The summed E-state index contributed by atoms with van der Waals surface area (Å²) in [5, 5.41) is 0. The van der Waals surface area contributed by atoms with Crippen LogP contribution in [-0.2, 0) is 0 Å². The summed E-state index contributed by atoms with van der Waals surface area (Å²) in [6.45, 7) is 19.4. The molecule has 0 aliphatic heterocycles. The van der Waals surface area contributed by atoms with E-state index in [2.05, 4.69) is 55.4 Å². The lowest BCUT2D eigenvalue weighted by Crippen LogP contribution is -2.29. The molecule has 1 aliphatic carbocycles. The van der Waals surface area contributed by atoms with Crippen molar-refractivity contribution in [2.24, 2.45) is 40.9 Å². The van der Waals surface area contributed by atoms with E-state index in [1.165, 1.54) is 19.3 Å². The lowest BCUT2D eigenvalue weighted by molar-refractivity contribution is 0.119. The van der Waals surface area contributed by atoms with Gasteiger partial charge in [-0.25, -0.2) is 0 Å². The molecule has 0 radical (unpaired) electrons. The van der Waals surface area contributed by atoms with Crippen LogP contribution in [-0.4, -0.2) is 0 Å². The molecule has 1 saturated carbocycles. The van der Waals surface area contributed by atoms with Gasteiger partial charge in [-0.05, 0) is 53.8 Å². The van der Waals surface area contributed by atoms with E-state index in [1.807, 2.05) is 0 Å². The highest BCUT2D eigenvalue weighted by Gasteiger charge is 2.47. The molecule has 0 heteroatoms. The van der Waals surface area contributed by atoms with Crippen molar-refractivity contribution in [2.45, 2.75) is 74.7 Å². The van der Waals surface area contributed by atoms with Gasteiger partial charge >= 0.3 is 0 Å². The van der Waals surface area contributed by atoms with Crippen molar-refractivity contribution in [1.29, 1.82) is 0 Å². The molecule has 1 rings (SSSR count). The largest absolute Gasteiger partial charge is 0.0649 e. The monoisotopic (exact) mass is 252 g/mol. The Kier molecular flexibility index (Phi) is 5.32. The molecule has 4 unspecified atom stereocenters. The van der Waals surface area contributed by atoms with Crippen LogP contribution < -0.4 is 0 Å². The zero-order valence-electron chi connectivity index (χ0n) is 14.1. The standard InChI is InChI=1S/C18H36/c1-9-18(8,14(6)7)11-17(13(4)5)16-10-15(16)12(2)3/h12-17H,9-11H2,1-8H3. The number of hydrogen-bond acceptors (Lipinski definition) is 0. The van der Waals surface area contributed by atoms with Crippen molar-refractivity contribution in [1.82, 2.24) is 0 Å². The van der Waals surface area contributed by atoms with Gasteiger partial charge in [0.15, 0.2) is 0 Å². The first-order valence-electron chi connectivity index (χ1n) is 8.23. The van der Waals surface area contributed by atoms with E-state index in [1.54, 1.807) is 0 Å². The van der Waals surface area contributed by atoms with Crippen LogP contribution in [0.5, 0.6) is 0 Å². The second-order valence-electron chi connectivity index (χ2n) is 8.08. The summed E-state index contributed by atoms with van der Waals surface area (Å²) in [7, 11) is 0. The van der Waals surface area contributed by atoms with E-state index in [0.29, 0.717) is 5.41 Å². The predicted octanol–water partition coefficient (Wildman–Crippen LogP) is 6.01. The fraction of sp³-hybridized carbons (Fsp3) is 1.00. The molecule has 0 aromatic rings. The van der Waals surface area contributed by atoms with Gasteiger partial charge in [-0.3, -0.25) is 0 Å². The Morgan fingerprint density at radius 3 is 1.83 bits per heavy atom. The van der Waals surface area contributed by atoms with Gasteiger partial charge in [0.25, 0.3) is 0 Å². The Labute approximate surface area is 116 Å². The highest BCUT2D eigenvalue weighted by atomic mass is 14.5. The lowest BCUT2D eigenvalue weighted by atomic mass is 9.67. The second-order valence-corrected chi connectivity index (χ2v) is 8.08. The van der Waals surface area contributed by atoms with Crippen molar-refractivity contribution >= 4 is 0 Å². The molecule has 1 aliphatic rings. The maximum absolute atomic E-state index is 2.51. The van der Waals surface area contributed by atoms with E-state index >= 15 is 0 Å².